The zero-order valence-corrected chi connectivity index (χ0v) is 18.7. The molecular weight excluding hydrogens is 428 g/mol. The van der Waals surface area contributed by atoms with E-state index in [0.717, 1.165) is 22.8 Å². The number of piperazine rings is 1. The Hall–Kier alpha value is -3.32. The highest BCUT2D eigenvalue weighted by Crippen LogP contribution is 2.24. The summed E-state index contributed by atoms with van der Waals surface area (Å²) in [5.41, 5.74) is 1.86. The van der Waals surface area contributed by atoms with E-state index in [-0.39, 0.29) is 12.5 Å². The lowest BCUT2D eigenvalue weighted by Crippen LogP contribution is -2.50. The first-order valence-electron chi connectivity index (χ1n) is 10.6. The fourth-order valence-electron chi connectivity index (χ4n) is 3.54. The summed E-state index contributed by atoms with van der Waals surface area (Å²) in [6.45, 7) is 5.21. The van der Waals surface area contributed by atoms with Crippen LogP contribution in [0.25, 0.3) is 11.3 Å². The van der Waals surface area contributed by atoms with Crippen LogP contribution in [0.1, 0.15) is 6.92 Å². The van der Waals surface area contributed by atoms with Crippen LogP contribution in [0.5, 0.6) is 11.5 Å². The second kappa shape index (κ2) is 10.3. The number of anilines is 1. The molecule has 1 fully saturated rings. The number of carbonyl (C=O) groups is 1. The van der Waals surface area contributed by atoms with Crippen molar-refractivity contribution < 1.29 is 14.3 Å². The van der Waals surface area contributed by atoms with Gasteiger partial charge >= 0.3 is 0 Å². The van der Waals surface area contributed by atoms with Gasteiger partial charge in [0.2, 0.25) is 0 Å². The van der Waals surface area contributed by atoms with Crippen molar-refractivity contribution in [3.05, 3.63) is 65.9 Å². The molecule has 8 heteroatoms. The summed E-state index contributed by atoms with van der Waals surface area (Å²) in [5.74, 6) is 2.24. The third-order valence-electron chi connectivity index (χ3n) is 5.23. The van der Waals surface area contributed by atoms with E-state index in [1.54, 1.807) is 30.6 Å². The molecule has 0 bridgehead atoms. The lowest BCUT2D eigenvalue weighted by molar-refractivity contribution is -0.133. The molecule has 0 aliphatic carbocycles. The maximum Gasteiger partial charge on any atom is 0.260 e. The molecule has 2 aromatic carbocycles. The fraction of sp³-hybridized carbons (Fsp3) is 0.292. The molecule has 7 nitrogen and oxygen atoms in total. The second-order valence-electron chi connectivity index (χ2n) is 7.33. The normalized spacial score (nSPS) is 13.7. The van der Waals surface area contributed by atoms with Gasteiger partial charge in [-0.1, -0.05) is 17.7 Å². The maximum atomic E-state index is 12.5. The minimum Gasteiger partial charge on any atom is -0.494 e. The van der Waals surface area contributed by atoms with Crippen LogP contribution in [0, 0.1) is 0 Å². The van der Waals surface area contributed by atoms with Gasteiger partial charge in [0.1, 0.15) is 23.6 Å². The number of hydrogen-bond acceptors (Lipinski definition) is 6. The number of rotatable bonds is 7. The molecule has 166 valence electrons. The third kappa shape index (κ3) is 5.48. The van der Waals surface area contributed by atoms with Gasteiger partial charge in [0, 0.05) is 42.8 Å². The molecule has 4 rings (SSSR count). The summed E-state index contributed by atoms with van der Waals surface area (Å²) in [4.78, 5) is 25.4. The zero-order chi connectivity index (χ0) is 22.3. The highest BCUT2D eigenvalue weighted by molar-refractivity contribution is 6.30. The minimum absolute atomic E-state index is 0.00423. The Morgan fingerprint density at radius 2 is 1.75 bits per heavy atom. The number of benzene rings is 2. The summed E-state index contributed by atoms with van der Waals surface area (Å²) in [6, 6.07) is 16.9. The van der Waals surface area contributed by atoms with Crippen LogP contribution in [0.15, 0.2) is 60.9 Å². The Kier molecular flexibility index (Phi) is 7.07. The van der Waals surface area contributed by atoms with Crippen LogP contribution < -0.4 is 14.4 Å². The van der Waals surface area contributed by atoms with Crippen molar-refractivity contribution in [1.29, 1.82) is 0 Å². The summed E-state index contributed by atoms with van der Waals surface area (Å²) in [7, 11) is 0. The molecule has 1 aromatic heterocycles. The van der Waals surface area contributed by atoms with E-state index < -0.39 is 0 Å². The molecule has 1 saturated heterocycles. The van der Waals surface area contributed by atoms with E-state index in [1.165, 1.54) is 0 Å². The standard InChI is InChI=1S/C24H25ClN4O3/c1-2-31-20-8-6-18(7-9-20)22-15-23(27-17-26-22)28-10-12-29(13-11-28)24(30)16-32-21-5-3-4-19(25)14-21/h3-9,14-15,17H,2,10-13,16H2,1H3. The van der Waals surface area contributed by atoms with Crippen LogP contribution >= 0.6 is 11.6 Å². The van der Waals surface area contributed by atoms with Gasteiger partial charge in [-0.2, -0.15) is 0 Å². The minimum atomic E-state index is -0.0395. The van der Waals surface area contributed by atoms with Gasteiger partial charge in [0.25, 0.3) is 5.91 Å². The Bertz CT molecular complexity index is 1050. The lowest BCUT2D eigenvalue weighted by Gasteiger charge is -2.35. The highest BCUT2D eigenvalue weighted by atomic mass is 35.5. The molecule has 0 spiro atoms. The molecular formula is C24H25ClN4O3. The van der Waals surface area contributed by atoms with E-state index >= 15 is 0 Å². The zero-order valence-electron chi connectivity index (χ0n) is 17.9. The van der Waals surface area contributed by atoms with Gasteiger partial charge < -0.3 is 19.3 Å². The first-order chi connectivity index (χ1) is 15.6. The first kappa shape index (κ1) is 21.9. The van der Waals surface area contributed by atoms with Crippen LogP contribution in [0.3, 0.4) is 0 Å². The molecule has 0 saturated carbocycles. The first-order valence-corrected chi connectivity index (χ1v) is 11.0. The van der Waals surface area contributed by atoms with Crippen LogP contribution in [0.4, 0.5) is 5.82 Å². The number of nitrogens with zero attached hydrogens (tertiary/aromatic N) is 4. The summed E-state index contributed by atoms with van der Waals surface area (Å²) in [6.07, 6.45) is 1.58. The molecule has 1 amide bonds. The quantitative estimate of drug-likeness (QED) is 0.541. The van der Waals surface area contributed by atoms with E-state index in [1.807, 2.05) is 42.2 Å². The van der Waals surface area contributed by atoms with Crippen molar-refractivity contribution in [1.82, 2.24) is 14.9 Å². The van der Waals surface area contributed by atoms with Crippen molar-refractivity contribution >= 4 is 23.3 Å². The van der Waals surface area contributed by atoms with E-state index in [4.69, 9.17) is 21.1 Å². The second-order valence-corrected chi connectivity index (χ2v) is 7.77. The van der Waals surface area contributed by atoms with Crippen molar-refractivity contribution in [2.75, 3.05) is 44.3 Å². The van der Waals surface area contributed by atoms with Crippen molar-refractivity contribution in [3.8, 4) is 22.8 Å². The molecule has 32 heavy (non-hydrogen) atoms. The number of ether oxygens (including phenoxy) is 2. The maximum absolute atomic E-state index is 12.5. The predicted octanol–water partition coefficient (Wildman–Crippen LogP) is 3.92. The number of carbonyl (C=O) groups excluding carboxylic acids is 1. The molecule has 1 aliphatic heterocycles. The summed E-state index contributed by atoms with van der Waals surface area (Å²) >= 11 is 5.96. The number of hydrogen-bond donors (Lipinski definition) is 0. The van der Waals surface area contributed by atoms with Gasteiger partial charge in [0.15, 0.2) is 6.61 Å². The van der Waals surface area contributed by atoms with Crippen molar-refractivity contribution in [3.63, 3.8) is 0 Å². The van der Waals surface area contributed by atoms with Gasteiger partial charge in [-0.15, -0.1) is 0 Å². The Labute approximate surface area is 192 Å². The fourth-order valence-corrected chi connectivity index (χ4v) is 3.72. The average Bonchev–Trinajstić information content (AvgIpc) is 2.83. The van der Waals surface area contributed by atoms with Crippen LogP contribution in [-0.2, 0) is 4.79 Å². The van der Waals surface area contributed by atoms with Crippen molar-refractivity contribution in [2.45, 2.75) is 6.92 Å². The van der Waals surface area contributed by atoms with Gasteiger partial charge in [-0.05, 0) is 49.4 Å². The van der Waals surface area contributed by atoms with E-state index in [2.05, 4.69) is 14.9 Å². The molecule has 0 atom stereocenters. The van der Waals surface area contributed by atoms with Crippen LogP contribution in [-0.4, -0.2) is 60.2 Å². The topological polar surface area (TPSA) is 67.8 Å². The number of aromatic nitrogens is 2. The monoisotopic (exact) mass is 452 g/mol. The Balaban J connectivity index is 1.33. The molecule has 0 N–H and O–H groups in total. The van der Waals surface area contributed by atoms with Gasteiger partial charge in [-0.25, -0.2) is 9.97 Å². The Morgan fingerprint density at radius 1 is 0.969 bits per heavy atom. The SMILES string of the molecule is CCOc1ccc(-c2cc(N3CCN(C(=O)COc4cccc(Cl)c4)CC3)ncn2)cc1. The summed E-state index contributed by atoms with van der Waals surface area (Å²) < 4.78 is 11.1. The predicted molar refractivity (Wildman–Crippen MR) is 124 cm³/mol. The highest BCUT2D eigenvalue weighted by Gasteiger charge is 2.22. The third-order valence-corrected chi connectivity index (χ3v) is 5.46. The molecule has 0 unspecified atom stereocenters. The molecule has 0 radical (unpaired) electrons. The lowest BCUT2D eigenvalue weighted by atomic mass is 10.1. The summed E-state index contributed by atoms with van der Waals surface area (Å²) in [5, 5.41) is 0.581. The van der Waals surface area contributed by atoms with Crippen molar-refractivity contribution in [2.24, 2.45) is 0 Å². The average molecular weight is 453 g/mol. The largest absolute Gasteiger partial charge is 0.494 e. The van der Waals surface area contributed by atoms with Gasteiger partial charge in [-0.3, -0.25) is 4.79 Å². The number of halogens is 1. The van der Waals surface area contributed by atoms with Crippen LogP contribution in [0.2, 0.25) is 5.02 Å². The molecule has 3 aromatic rings. The molecule has 2 heterocycles. The van der Waals surface area contributed by atoms with E-state index in [9.17, 15) is 4.79 Å². The van der Waals surface area contributed by atoms with Gasteiger partial charge in [0.05, 0.1) is 12.3 Å². The molecule has 1 aliphatic rings. The smallest absolute Gasteiger partial charge is 0.260 e. The van der Waals surface area contributed by atoms with E-state index in [0.29, 0.717) is 43.6 Å². The Morgan fingerprint density at radius 3 is 2.47 bits per heavy atom. The number of amides is 1.